The van der Waals surface area contributed by atoms with Crippen LogP contribution in [0, 0.1) is 6.92 Å². The molecule has 0 spiro atoms. The molecule has 0 aromatic heterocycles. The third-order valence-electron chi connectivity index (χ3n) is 2.30. The number of rotatable bonds is 3. The molecule has 0 bridgehead atoms. The van der Waals surface area contributed by atoms with Crippen molar-refractivity contribution in [1.82, 2.24) is 0 Å². The zero-order chi connectivity index (χ0) is 9.84. The van der Waals surface area contributed by atoms with Crippen molar-refractivity contribution < 1.29 is 5.11 Å². The lowest BCUT2D eigenvalue weighted by Crippen LogP contribution is -2.22. The Hall–Kier alpha value is -1.18. The van der Waals surface area contributed by atoms with Gasteiger partial charge < -0.3 is 10.0 Å². The van der Waals surface area contributed by atoms with Gasteiger partial charge in [0.15, 0.2) is 0 Å². The molecule has 1 N–H and O–H groups in total. The molecule has 0 radical (unpaired) electrons. The van der Waals surface area contributed by atoms with Gasteiger partial charge in [0.1, 0.15) is 5.75 Å². The van der Waals surface area contributed by atoms with Crippen LogP contribution in [0.4, 0.5) is 5.69 Å². The molecular weight excluding hydrogens is 162 g/mol. The van der Waals surface area contributed by atoms with Gasteiger partial charge in [0.05, 0.1) is 0 Å². The number of hydrogen-bond donors (Lipinski definition) is 1. The van der Waals surface area contributed by atoms with Crippen molar-refractivity contribution in [3.8, 4) is 5.75 Å². The molecule has 2 heteroatoms. The normalized spacial score (nSPS) is 10.1. The quantitative estimate of drug-likeness (QED) is 0.770. The smallest absolute Gasteiger partial charge is 0.117 e. The number of phenolic OH excluding ortho intramolecular Hbond substituents is 1. The molecule has 13 heavy (non-hydrogen) atoms. The van der Waals surface area contributed by atoms with Crippen LogP contribution in [0.15, 0.2) is 18.2 Å². The maximum absolute atomic E-state index is 9.35. The van der Waals surface area contributed by atoms with Crippen LogP contribution in [0.2, 0.25) is 0 Å². The molecule has 0 saturated carbocycles. The summed E-state index contributed by atoms with van der Waals surface area (Å²) in [6.07, 6.45) is 0. The van der Waals surface area contributed by atoms with E-state index in [0.717, 1.165) is 18.8 Å². The Kier molecular flexibility index (Phi) is 3.18. The first-order chi connectivity index (χ1) is 6.19. The summed E-state index contributed by atoms with van der Waals surface area (Å²) in [6, 6.07) is 5.49. The zero-order valence-corrected chi connectivity index (χ0v) is 8.54. The fraction of sp³-hybridized carbons (Fsp3) is 0.455. The number of aromatic hydroxyl groups is 1. The molecule has 0 amide bonds. The number of benzene rings is 1. The van der Waals surface area contributed by atoms with E-state index in [1.807, 2.05) is 12.1 Å². The standard InChI is InChI=1S/C11H17NO/c1-4-12(5-2)11-8-10(13)7-6-9(11)3/h6-8,13H,4-5H2,1-3H3. The first kappa shape index (κ1) is 9.90. The molecule has 0 aliphatic rings. The third kappa shape index (κ3) is 2.14. The van der Waals surface area contributed by atoms with Crippen LogP contribution in [-0.2, 0) is 0 Å². The van der Waals surface area contributed by atoms with Gasteiger partial charge in [-0.3, -0.25) is 0 Å². The lowest BCUT2D eigenvalue weighted by molar-refractivity contribution is 0.475. The van der Waals surface area contributed by atoms with E-state index in [9.17, 15) is 5.11 Å². The summed E-state index contributed by atoms with van der Waals surface area (Å²) >= 11 is 0. The predicted molar refractivity (Wildman–Crippen MR) is 56.4 cm³/mol. The number of phenols is 1. The van der Waals surface area contributed by atoms with Gasteiger partial charge in [-0.1, -0.05) is 6.07 Å². The lowest BCUT2D eigenvalue weighted by atomic mass is 10.1. The van der Waals surface area contributed by atoms with Crippen molar-refractivity contribution in [3.05, 3.63) is 23.8 Å². The van der Waals surface area contributed by atoms with Gasteiger partial charge in [0.2, 0.25) is 0 Å². The van der Waals surface area contributed by atoms with Gasteiger partial charge in [-0.2, -0.15) is 0 Å². The summed E-state index contributed by atoms with van der Waals surface area (Å²) < 4.78 is 0. The highest BCUT2D eigenvalue weighted by atomic mass is 16.3. The second kappa shape index (κ2) is 4.17. The Morgan fingerprint density at radius 1 is 1.23 bits per heavy atom. The van der Waals surface area contributed by atoms with E-state index in [1.54, 1.807) is 6.07 Å². The zero-order valence-electron chi connectivity index (χ0n) is 8.54. The van der Waals surface area contributed by atoms with Gasteiger partial charge in [-0.25, -0.2) is 0 Å². The number of hydrogen-bond acceptors (Lipinski definition) is 2. The number of aryl methyl sites for hydroxylation is 1. The van der Waals surface area contributed by atoms with Crippen LogP contribution in [0.1, 0.15) is 19.4 Å². The van der Waals surface area contributed by atoms with E-state index in [0.29, 0.717) is 5.75 Å². The van der Waals surface area contributed by atoms with Gasteiger partial charge in [0.25, 0.3) is 0 Å². The summed E-state index contributed by atoms with van der Waals surface area (Å²) in [6.45, 7) is 8.24. The average Bonchev–Trinajstić information content (AvgIpc) is 2.13. The number of anilines is 1. The fourth-order valence-corrected chi connectivity index (χ4v) is 1.50. The molecule has 0 fully saturated rings. The molecular formula is C11H17NO. The van der Waals surface area contributed by atoms with Crippen molar-refractivity contribution >= 4 is 5.69 Å². The molecule has 0 unspecified atom stereocenters. The first-order valence-electron chi connectivity index (χ1n) is 4.73. The van der Waals surface area contributed by atoms with E-state index >= 15 is 0 Å². The average molecular weight is 179 g/mol. The maximum Gasteiger partial charge on any atom is 0.117 e. The molecule has 1 aromatic rings. The van der Waals surface area contributed by atoms with Gasteiger partial charge in [0, 0.05) is 24.8 Å². The summed E-state index contributed by atoms with van der Waals surface area (Å²) in [4.78, 5) is 2.23. The summed E-state index contributed by atoms with van der Waals surface area (Å²) in [5.74, 6) is 0.340. The molecule has 72 valence electrons. The Morgan fingerprint density at radius 2 is 1.85 bits per heavy atom. The van der Waals surface area contributed by atoms with Gasteiger partial charge >= 0.3 is 0 Å². The Balaban J connectivity index is 3.03. The second-order valence-electron chi connectivity index (χ2n) is 3.14. The van der Waals surface area contributed by atoms with Crippen molar-refractivity contribution in [2.75, 3.05) is 18.0 Å². The van der Waals surface area contributed by atoms with E-state index in [2.05, 4.69) is 25.7 Å². The molecule has 0 saturated heterocycles. The van der Waals surface area contributed by atoms with Gasteiger partial charge in [-0.15, -0.1) is 0 Å². The minimum atomic E-state index is 0.340. The summed E-state index contributed by atoms with van der Waals surface area (Å²) in [7, 11) is 0. The molecule has 1 rings (SSSR count). The summed E-state index contributed by atoms with van der Waals surface area (Å²) in [5.41, 5.74) is 2.34. The minimum absolute atomic E-state index is 0.340. The maximum atomic E-state index is 9.35. The predicted octanol–water partition coefficient (Wildman–Crippen LogP) is 2.55. The fourth-order valence-electron chi connectivity index (χ4n) is 1.50. The van der Waals surface area contributed by atoms with E-state index in [-0.39, 0.29) is 0 Å². The van der Waals surface area contributed by atoms with E-state index in [4.69, 9.17) is 0 Å². The second-order valence-corrected chi connectivity index (χ2v) is 3.14. The highest BCUT2D eigenvalue weighted by Gasteiger charge is 2.05. The van der Waals surface area contributed by atoms with Crippen LogP contribution in [-0.4, -0.2) is 18.2 Å². The summed E-state index contributed by atoms with van der Waals surface area (Å²) in [5, 5.41) is 9.35. The van der Waals surface area contributed by atoms with Crippen molar-refractivity contribution in [2.45, 2.75) is 20.8 Å². The highest BCUT2D eigenvalue weighted by molar-refractivity contribution is 5.56. The van der Waals surface area contributed by atoms with Crippen LogP contribution < -0.4 is 4.90 Å². The molecule has 0 aliphatic heterocycles. The van der Waals surface area contributed by atoms with Gasteiger partial charge in [-0.05, 0) is 32.4 Å². The Labute approximate surface area is 79.8 Å². The van der Waals surface area contributed by atoms with Crippen LogP contribution in [0.25, 0.3) is 0 Å². The molecule has 0 heterocycles. The topological polar surface area (TPSA) is 23.5 Å². The molecule has 1 aromatic carbocycles. The van der Waals surface area contributed by atoms with Crippen molar-refractivity contribution in [1.29, 1.82) is 0 Å². The highest BCUT2D eigenvalue weighted by Crippen LogP contribution is 2.24. The Morgan fingerprint density at radius 3 is 2.38 bits per heavy atom. The number of nitrogens with zero attached hydrogens (tertiary/aromatic N) is 1. The van der Waals surface area contributed by atoms with Crippen molar-refractivity contribution in [2.24, 2.45) is 0 Å². The SMILES string of the molecule is CCN(CC)c1cc(O)ccc1C. The minimum Gasteiger partial charge on any atom is -0.508 e. The van der Waals surface area contributed by atoms with Crippen molar-refractivity contribution in [3.63, 3.8) is 0 Å². The Bertz CT molecular complexity index is 279. The van der Waals surface area contributed by atoms with E-state index in [1.165, 1.54) is 5.56 Å². The largest absolute Gasteiger partial charge is 0.508 e. The monoisotopic (exact) mass is 179 g/mol. The van der Waals surface area contributed by atoms with Crippen LogP contribution >= 0.6 is 0 Å². The van der Waals surface area contributed by atoms with Crippen LogP contribution in [0.5, 0.6) is 5.75 Å². The van der Waals surface area contributed by atoms with E-state index < -0.39 is 0 Å². The molecule has 0 aliphatic carbocycles. The molecule has 0 atom stereocenters. The first-order valence-corrected chi connectivity index (χ1v) is 4.73. The van der Waals surface area contributed by atoms with Crippen LogP contribution in [0.3, 0.4) is 0 Å². The lowest BCUT2D eigenvalue weighted by Gasteiger charge is -2.23. The molecule has 2 nitrogen and oxygen atoms in total. The third-order valence-corrected chi connectivity index (χ3v) is 2.30.